The fourth-order valence-corrected chi connectivity index (χ4v) is 3.31. The zero-order chi connectivity index (χ0) is 16.5. The average molecular weight is 331 g/mol. The number of nitrogens with one attached hydrogen (secondary N) is 2. The lowest BCUT2D eigenvalue weighted by molar-refractivity contribution is -0.139. The Bertz CT molecular complexity index is 596. The van der Waals surface area contributed by atoms with Crippen LogP contribution in [-0.2, 0) is 4.79 Å². The first-order chi connectivity index (χ1) is 11.7. The molecule has 3 fully saturated rings. The third-order valence-corrected chi connectivity index (χ3v) is 5.11. The molecule has 3 aliphatic carbocycles. The van der Waals surface area contributed by atoms with Gasteiger partial charge in [0.25, 0.3) is 0 Å². The van der Waals surface area contributed by atoms with Gasteiger partial charge in [-0.25, -0.2) is 9.97 Å². The van der Waals surface area contributed by atoms with Crippen LogP contribution in [0, 0.1) is 5.92 Å². The Balaban J connectivity index is 1.27. The Morgan fingerprint density at radius 2 is 1.79 bits per heavy atom. The standard InChI is InChI=1S/C17H25N5O2/c23-17(24)9-22(8-11-1-2-11)14-5-13(6-14)21-16-7-15(18-10-19-16)20-12-3-4-12/h7,10-14H,1-6,8-9H2,(H,23,24)(H2,18,19,20,21). The second kappa shape index (κ2) is 6.55. The first kappa shape index (κ1) is 15.6. The molecule has 4 rings (SSSR count). The molecule has 7 nitrogen and oxygen atoms in total. The van der Waals surface area contributed by atoms with Gasteiger partial charge in [0.15, 0.2) is 0 Å². The number of hydrogen-bond donors (Lipinski definition) is 3. The first-order valence-electron chi connectivity index (χ1n) is 8.96. The number of anilines is 2. The van der Waals surface area contributed by atoms with Gasteiger partial charge >= 0.3 is 5.97 Å². The predicted molar refractivity (Wildman–Crippen MR) is 91.0 cm³/mol. The normalized spacial score (nSPS) is 26.0. The van der Waals surface area contributed by atoms with E-state index in [0.717, 1.165) is 31.0 Å². The van der Waals surface area contributed by atoms with Crippen molar-refractivity contribution < 1.29 is 9.90 Å². The fraction of sp³-hybridized carbons (Fsp3) is 0.706. The Hall–Kier alpha value is -1.89. The van der Waals surface area contributed by atoms with Crippen LogP contribution in [0.15, 0.2) is 12.4 Å². The number of carbonyl (C=O) groups is 1. The quantitative estimate of drug-likeness (QED) is 0.635. The lowest BCUT2D eigenvalue weighted by atomic mass is 9.85. The lowest BCUT2D eigenvalue weighted by Crippen LogP contribution is -2.52. The number of carboxylic acid groups (broad SMARTS) is 1. The van der Waals surface area contributed by atoms with E-state index in [1.54, 1.807) is 6.33 Å². The second-order valence-electron chi connectivity index (χ2n) is 7.44. The van der Waals surface area contributed by atoms with Gasteiger partial charge < -0.3 is 15.7 Å². The molecule has 1 aromatic heterocycles. The molecule has 0 aliphatic heterocycles. The molecule has 0 atom stereocenters. The van der Waals surface area contributed by atoms with Gasteiger partial charge in [0, 0.05) is 30.7 Å². The SMILES string of the molecule is O=C(O)CN(CC1CC1)C1CC(Nc2cc(NC3CC3)ncn2)C1. The summed E-state index contributed by atoms with van der Waals surface area (Å²) in [5.74, 6) is 1.73. The molecule has 24 heavy (non-hydrogen) atoms. The summed E-state index contributed by atoms with van der Waals surface area (Å²) in [6, 6.07) is 3.29. The number of rotatable bonds is 9. The van der Waals surface area contributed by atoms with Crippen molar-refractivity contribution in [2.75, 3.05) is 23.7 Å². The molecule has 3 saturated carbocycles. The van der Waals surface area contributed by atoms with Crippen LogP contribution >= 0.6 is 0 Å². The van der Waals surface area contributed by atoms with Gasteiger partial charge in [-0.2, -0.15) is 0 Å². The van der Waals surface area contributed by atoms with E-state index in [-0.39, 0.29) is 6.54 Å². The highest BCUT2D eigenvalue weighted by Crippen LogP contribution is 2.34. The van der Waals surface area contributed by atoms with E-state index in [1.165, 1.54) is 25.7 Å². The molecule has 1 aromatic rings. The highest BCUT2D eigenvalue weighted by atomic mass is 16.4. The summed E-state index contributed by atoms with van der Waals surface area (Å²) in [7, 11) is 0. The van der Waals surface area contributed by atoms with Crippen molar-refractivity contribution in [2.24, 2.45) is 5.92 Å². The van der Waals surface area contributed by atoms with E-state index >= 15 is 0 Å². The number of aliphatic carboxylic acids is 1. The zero-order valence-corrected chi connectivity index (χ0v) is 13.8. The molecule has 0 aromatic carbocycles. The van der Waals surface area contributed by atoms with Gasteiger partial charge in [-0.05, 0) is 44.4 Å². The monoisotopic (exact) mass is 331 g/mol. The van der Waals surface area contributed by atoms with Crippen LogP contribution in [0.25, 0.3) is 0 Å². The van der Waals surface area contributed by atoms with Gasteiger partial charge in [0.1, 0.15) is 18.0 Å². The van der Waals surface area contributed by atoms with E-state index in [9.17, 15) is 4.79 Å². The van der Waals surface area contributed by atoms with E-state index in [4.69, 9.17) is 5.11 Å². The molecule has 0 amide bonds. The van der Waals surface area contributed by atoms with Crippen molar-refractivity contribution in [2.45, 2.75) is 56.7 Å². The van der Waals surface area contributed by atoms with Gasteiger partial charge in [-0.15, -0.1) is 0 Å². The summed E-state index contributed by atoms with van der Waals surface area (Å²) in [5, 5.41) is 15.9. The van der Waals surface area contributed by atoms with Gasteiger partial charge in [0.05, 0.1) is 6.54 Å². The third-order valence-electron chi connectivity index (χ3n) is 5.11. The first-order valence-corrected chi connectivity index (χ1v) is 8.96. The Morgan fingerprint density at radius 3 is 2.38 bits per heavy atom. The van der Waals surface area contributed by atoms with Crippen molar-refractivity contribution >= 4 is 17.6 Å². The summed E-state index contributed by atoms with van der Waals surface area (Å²) < 4.78 is 0. The summed E-state index contributed by atoms with van der Waals surface area (Å²) >= 11 is 0. The van der Waals surface area contributed by atoms with E-state index in [1.807, 2.05) is 6.07 Å². The Morgan fingerprint density at radius 1 is 1.12 bits per heavy atom. The summed E-state index contributed by atoms with van der Waals surface area (Å²) in [6.45, 7) is 1.10. The maximum absolute atomic E-state index is 11.1. The van der Waals surface area contributed by atoms with Crippen LogP contribution in [0.5, 0.6) is 0 Å². The Labute approximate surface area is 141 Å². The minimum absolute atomic E-state index is 0.164. The van der Waals surface area contributed by atoms with Crippen LogP contribution in [0.3, 0.4) is 0 Å². The smallest absolute Gasteiger partial charge is 0.317 e. The molecule has 0 unspecified atom stereocenters. The van der Waals surface area contributed by atoms with Gasteiger partial charge in [0.2, 0.25) is 0 Å². The van der Waals surface area contributed by atoms with Gasteiger partial charge in [-0.3, -0.25) is 9.69 Å². The highest BCUT2D eigenvalue weighted by Gasteiger charge is 2.37. The van der Waals surface area contributed by atoms with Crippen molar-refractivity contribution in [3.63, 3.8) is 0 Å². The van der Waals surface area contributed by atoms with E-state index in [0.29, 0.717) is 24.0 Å². The van der Waals surface area contributed by atoms with Gasteiger partial charge in [-0.1, -0.05) is 0 Å². The van der Waals surface area contributed by atoms with Crippen molar-refractivity contribution in [3.05, 3.63) is 12.4 Å². The second-order valence-corrected chi connectivity index (χ2v) is 7.44. The minimum Gasteiger partial charge on any atom is -0.480 e. The summed E-state index contributed by atoms with van der Waals surface area (Å²) in [5.41, 5.74) is 0. The number of carboxylic acids is 1. The van der Waals surface area contributed by atoms with Crippen LogP contribution in [0.1, 0.15) is 38.5 Å². The maximum Gasteiger partial charge on any atom is 0.317 e. The van der Waals surface area contributed by atoms with Crippen LogP contribution in [-0.4, -0.2) is 57.2 Å². The summed E-state index contributed by atoms with van der Waals surface area (Å²) in [6.07, 6.45) is 8.50. The lowest BCUT2D eigenvalue weighted by Gasteiger charge is -2.43. The zero-order valence-electron chi connectivity index (χ0n) is 13.8. The number of aromatic nitrogens is 2. The molecule has 0 spiro atoms. The predicted octanol–water partition coefficient (Wildman–Crippen LogP) is 1.79. The minimum atomic E-state index is -0.723. The van der Waals surface area contributed by atoms with Crippen LogP contribution in [0.2, 0.25) is 0 Å². The van der Waals surface area contributed by atoms with Crippen molar-refractivity contribution in [1.29, 1.82) is 0 Å². The molecule has 130 valence electrons. The fourth-order valence-electron chi connectivity index (χ4n) is 3.31. The third kappa shape index (κ3) is 4.14. The molecule has 1 heterocycles. The molecule has 0 saturated heterocycles. The molecular weight excluding hydrogens is 306 g/mol. The van der Waals surface area contributed by atoms with Crippen LogP contribution in [0.4, 0.5) is 11.6 Å². The van der Waals surface area contributed by atoms with E-state index in [2.05, 4.69) is 25.5 Å². The molecule has 0 bridgehead atoms. The molecule has 0 radical (unpaired) electrons. The maximum atomic E-state index is 11.1. The summed E-state index contributed by atoms with van der Waals surface area (Å²) in [4.78, 5) is 21.8. The highest BCUT2D eigenvalue weighted by molar-refractivity contribution is 5.69. The van der Waals surface area contributed by atoms with Crippen molar-refractivity contribution in [3.8, 4) is 0 Å². The number of nitrogens with zero attached hydrogens (tertiary/aromatic N) is 3. The topological polar surface area (TPSA) is 90.4 Å². The number of hydrogen-bond acceptors (Lipinski definition) is 6. The van der Waals surface area contributed by atoms with Crippen LogP contribution < -0.4 is 10.6 Å². The molecule has 7 heteroatoms. The largest absolute Gasteiger partial charge is 0.480 e. The average Bonchev–Trinajstić information content (AvgIpc) is 3.38. The molecule has 3 N–H and O–H groups in total. The van der Waals surface area contributed by atoms with E-state index < -0.39 is 5.97 Å². The molecular formula is C17H25N5O2. The Kier molecular flexibility index (Phi) is 4.26. The van der Waals surface area contributed by atoms with Crippen molar-refractivity contribution in [1.82, 2.24) is 14.9 Å². The molecule has 3 aliphatic rings.